The van der Waals surface area contributed by atoms with Gasteiger partial charge in [-0.05, 0) is 66.7 Å². The van der Waals surface area contributed by atoms with Gasteiger partial charge in [0.15, 0.2) is 5.11 Å². The summed E-state index contributed by atoms with van der Waals surface area (Å²) in [5.41, 5.74) is 3.01. The number of carbonyl (C=O) groups is 3. The summed E-state index contributed by atoms with van der Waals surface area (Å²) >= 11 is 5.22. The Morgan fingerprint density at radius 1 is 0.818 bits per heavy atom. The second kappa shape index (κ2) is 11.5. The molecule has 0 unspecified atom stereocenters. The number of ether oxygens (including phenoxy) is 1. The van der Waals surface area contributed by atoms with Crippen molar-refractivity contribution in [2.45, 2.75) is 12.8 Å². The SMILES string of the molecule is COC(=O)c1ccc(C(=O)NC(=S)Nc2cccc(NC(=O)CCc3ccccc3)c2)cc1. The van der Waals surface area contributed by atoms with Gasteiger partial charge in [0.05, 0.1) is 12.7 Å². The second-order valence-corrected chi connectivity index (χ2v) is 7.50. The average molecular weight is 462 g/mol. The highest BCUT2D eigenvalue weighted by Crippen LogP contribution is 2.16. The Morgan fingerprint density at radius 3 is 2.12 bits per heavy atom. The molecular formula is C25H23N3O4S. The van der Waals surface area contributed by atoms with Crippen LogP contribution in [0.1, 0.15) is 32.7 Å². The quantitative estimate of drug-likeness (QED) is 0.361. The lowest BCUT2D eigenvalue weighted by Gasteiger charge is -2.12. The molecule has 0 fully saturated rings. The van der Waals surface area contributed by atoms with Gasteiger partial charge in [0.1, 0.15) is 0 Å². The molecule has 0 saturated heterocycles. The second-order valence-electron chi connectivity index (χ2n) is 7.09. The molecular weight excluding hydrogens is 438 g/mol. The minimum Gasteiger partial charge on any atom is -0.465 e. The third-order valence-electron chi connectivity index (χ3n) is 4.68. The maximum Gasteiger partial charge on any atom is 0.337 e. The summed E-state index contributed by atoms with van der Waals surface area (Å²) in [6, 6.07) is 22.9. The van der Waals surface area contributed by atoms with Gasteiger partial charge in [-0.2, -0.15) is 0 Å². The van der Waals surface area contributed by atoms with Crippen molar-refractivity contribution in [1.82, 2.24) is 5.32 Å². The molecule has 3 N–H and O–H groups in total. The summed E-state index contributed by atoms with van der Waals surface area (Å²) < 4.78 is 4.64. The first-order chi connectivity index (χ1) is 15.9. The molecule has 3 rings (SSSR count). The van der Waals surface area contributed by atoms with E-state index in [-0.39, 0.29) is 11.0 Å². The summed E-state index contributed by atoms with van der Waals surface area (Å²) in [7, 11) is 1.29. The first-order valence-corrected chi connectivity index (χ1v) is 10.6. The number of carbonyl (C=O) groups excluding carboxylic acids is 3. The third-order valence-corrected chi connectivity index (χ3v) is 4.89. The van der Waals surface area contributed by atoms with Gasteiger partial charge < -0.3 is 15.4 Å². The van der Waals surface area contributed by atoms with Crippen molar-refractivity contribution in [3.8, 4) is 0 Å². The van der Waals surface area contributed by atoms with E-state index in [1.807, 2.05) is 30.3 Å². The van der Waals surface area contributed by atoms with Crippen LogP contribution in [0.2, 0.25) is 0 Å². The number of hydrogen-bond acceptors (Lipinski definition) is 5. The van der Waals surface area contributed by atoms with E-state index in [4.69, 9.17) is 12.2 Å². The topological polar surface area (TPSA) is 96.5 Å². The van der Waals surface area contributed by atoms with Gasteiger partial charge in [0, 0.05) is 23.4 Å². The molecule has 0 aromatic heterocycles. The smallest absolute Gasteiger partial charge is 0.337 e. The molecule has 0 aliphatic rings. The van der Waals surface area contributed by atoms with E-state index in [0.717, 1.165) is 5.56 Å². The minimum atomic E-state index is -0.480. The molecule has 7 nitrogen and oxygen atoms in total. The van der Waals surface area contributed by atoms with Crippen LogP contribution >= 0.6 is 12.2 Å². The Labute approximate surface area is 197 Å². The number of thiocarbonyl (C=S) groups is 1. The van der Waals surface area contributed by atoms with Gasteiger partial charge >= 0.3 is 5.97 Å². The lowest BCUT2D eigenvalue weighted by atomic mass is 10.1. The number of nitrogens with one attached hydrogen (secondary N) is 3. The van der Waals surface area contributed by atoms with Crippen LogP contribution in [-0.2, 0) is 16.0 Å². The fourth-order valence-corrected chi connectivity index (χ4v) is 3.22. The Morgan fingerprint density at radius 2 is 1.45 bits per heavy atom. The summed E-state index contributed by atoms with van der Waals surface area (Å²) in [4.78, 5) is 36.1. The normalized spacial score (nSPS) is 10.1. The lowest BCUT2D eigenvalue weighted by Crippen LogP contribution is -2.34. The summed E-state index contributed by atoms with van der Waals surface area (Å²) in [6.45, 7) is 0. The summed E-state index contributed by atoms with van der Waals surface area (Å²) in [5.74, 6) is -0.997. The zero-order chi connectivity index (χ0) is 23.6. The number of hydrogen-bond donors (Lipinski definition) is 3. The Kier molecular flexibility index (Phi) is 8.26. The van der Waals surface area contributed by atoms with E-state index in [9.17, 15) is 14.4 Å². The lowest BCUT2D eigenvalue weighted by molar-refractivity contribution is -0.116. The van der Waals surface area contributed by atoms with Gasteiger partial charge in [0.2, 0.25) is 5.91 Å². The Hall–Kier alpha value is -4.04. The highest BCUT2D eigenvalue weighted by molar-refractivity contribution is 7.80. The van der Waals surface area contributed by atoms with Crippen LogP contribution in [0.3, 0.4) is 0 Å². The maximum absolute atomic E-state index is 12.4. The molecule has 3 aromatic carbocycles. The number of rotatable bonds is 7. The minimum absolute atomic E-state index is 0.0951. The molecule has 0 spiro atoms. The number of esters is 1. The van der Waals surface area contributed by atoms with Crippen molar-refractivity contribution < 1.29 is 19.1 Å². The number of amides is 2. The Balaban J connectivity index is 1.51. The molecule has 0 radical (unpaired) electrons. The highest BCUT2D eigenvalue weighted by Gasteiger charge is 2.11. The predicted molar refractivity (Wildman–Crippen MR) is 131 cm³/mol. The van der Waals surface area contributed by atoms with Crippen molar-refractivity contribution in [1.29, 1.82) is 0 Å². The van der Waals surface area contributed by atoms with Gasteiger partial charge in [-0.3, -0.25) is 14.9 Å². The van der Waals surface area contributed by atoms with Gasteiger partial charge in [-0.15, -0.1) is 0 Å². The van der Waals surface area contributed by atoms with Gasteiger partial charge in [-0.1, -0.05) is 36.4 Å². The van der Waals surface area contributed by atoms with Crippen LogP contribution in [0.25, 0.3) is 0 Å². The van der Waals surface area contributed by atoms with Gasteiger partial charge in [-0.25, -0.2) is 4.79 Å². The Bertz CT molecular complexity index is 1150. The molecule has 0 saturated carbocycles. The summed E-state index contributed by atoms with van der Waals surface area (Å²) in [6.07, 6.45) is 1.02. The number of methoxy groups -OCH3 is 1. The molecule has 0 bridgehead atoms. The maximum atomic E-state index is 12.4. The number of aryl methyl sites for hydroxylation is 1. The van der Waals surface area contributed by atoms with E-state index in [1.165, 1.54) is 31.4 Å². The molecule has 0 aliphatic heterocycles. The monoisotopic (exact) mass is 461 g/mol. The van der Waals surface area contributed by atoms with E-state index >= 15 is 0 Å². The van der Waals surface area contributed by atoms with E-state index in [0.29, 0.717) is 35.3 Å². The van der Waals surface area contributed by atoms with Gasteiger partial charge in [0.25, 0.3) is 5.91 Å². The molecule has 8 heteroatoms. The van der Waals surface area contributed by atoms with Crippen LogP contribution in [0, 0.1) is 0 Å². The summed E-state index contributed by atoms with van der Waals surface area (Å²) in [5, 5.41) is 8.48. The largest absolute Gasteiger partial charge is 0.465 e. The van der Waals surface area contributed by atoms with Crippen LogP contribution in [-0.4, -0.2) is 30.0 Å². The van der Waals surface area contributed by atoms with Crippen molar-refractivity contribution in [3.63, 3.8) is 0 Å². The molecule has 33 heavy (non-hydrogen) atoms. The number of benzene rings is 3. The number of anilines is 2. The molecule has 3 aromatic rings. The van der Waals surface area contributed by atoms with E-state index < -0.39 is 11.9 Å². The zero-order valence-electron chi connectivity index (χ0n) is 18.0. The molecule has 168 valence electrons. The average Bonchev–Trinajstić information content (AvgIpc) is 2.83. The van der Waals surface area contributed by atoms with Crippen LogP contribution in [0.5, 0.6) is 0 Å². The van der Waals surface area contributed by atoms with Crippen molar-refractivity contribution in [2.24, 2.45) is 0 Å². The van der Waals surface area contributed by atoms with Crippen LogP contribution in [0.15, 0.2) is 78.9 Å². The predicted octanol–water partition coefficient (Wildman–Crippen LogP) is 4.17. The molecule has 0 heterocycles. The first kappa shape index (κ1) is 23.6. The van der Waals surface area contributed by atoms with Crippen molar-refractivity contribution in [2.75, 3.05) is 17.7 Å². The molecule has 2 amide bonds. The zero-order valence-corrected chi connectivity index (χ0v) is 18.8. The molecule has 0 aliphatic carbocycles. The van der Waals surface area contributed by atoms with Crippen LogP contribution in [0.4, 0.5) is 11.4 Å². The van der Waals surface area contributed by atoms with Crippen molar-refractivity contribution in [3.05, 3.63) is 95.6 Å². The van der Waals surface area contributed by atoms with Crippen LogP contribution < -0.4 is 16.0 Å². The standard InChI is InChI=1S/C25H23N3O4S/c1-32-24(31)19-13-11-18(12-14-19)23(30)28-25(33)27-21-9-5-8-20(16-21)26-22(29)15-10-17-6-3-2-4-7-17/h2-9,11-14,16H,10,15H2,1H3,(H,26,29)(H2,27,28,30,33). The van der Waals surface area contributed by atoms with Crippen molar-refractivity contribution >= 4 is 46.5 Å². The first-order valence-electron chi connectivity index (χ1n) is 10.2. The van der Waals surface area contributed by atoms with E-state index in [2.05, 4.69) is 20.7 Å². The third kappa shape index (κ3) is 7.26. The molecule has 0 atom stereocenters. The fraction of sp³-hybridized carbons (Fsp3) is 0.120. The van der Waals surface area contributed by atoms with E-state index in [1.54, 1.807) is 24.3 Å². The fourth-order valence-electron chi connectivity index (χ4n) is 3.01. The highest BCUT2D eigenvalue weighted by atomic mass is 32.1.